The van der Waals surface area contributed by atoms with Gasteiger partial charge in [0, 0.05) is 15.8 Å². The molecule has 0 amide bonds. The van der Waals surface area contributed by atoms with Crippen LogP contribution in [0.3, 0.4) is 0 Å². The van der Waals surface area contributed by atoms with Crippen LogP contribution in [-0.4, -0.2) is 18.7 Å². The molecule has 7 heteroatoms. The first-order valence-electron chi connectivity index (χ1n) is 8.75. The number of nitrogens with one attached hydrogen (secondary N) is 1. The fourth-order valence-electron chi connectivity index (χ4n) is 3.14. The lowest BCUT2D eigenvalue weighted by Crippen LogP contribution is -2.12. The molecule has 1 saturated carbocycles. The van der Waals surface area contributed by atoms with E-state index in [1.54, 1.807) is 0 Å². The Kier molecular flexibility index (Phi) is 5.20. The zero-order valence-corrected chi connectivity index (χ0v) is 16.7. The molecule has 4 nitrogen and oxygen atoms in total. The molecule has 1 N–H and O–H groups in total. The van der Waals surface area contributed by atoms with E-state index in [1.807, 2.05) is 60.3 Å². The zero-order valence-electron chi connectivity index (χ0n) is 14.2. The maximum atomic E-state index is 12.6. The molecule has 0 unspecified atom stereocenters. The van der Waals surface area contributed by atoms with Crippen molar-refractivity contribution < 1.29 is 8.42 Å². The summed E-state index contributed by atoms with van der Waals surface area (Å²) in [7, 11) is -3.66. The standard InChI is InChI=1S/C19H20N2O2S3/c22-26(23,19-20-17-8-4-5-9-18(17)25-19)21-14-10-12-16(13-11-14)24-15-6-2-1-3-7-15/h4-5,8-13,15,21H,1-3,6-7H2. The molecular formula is C19H20N2O2S3. The van der Waals surface area contributed by atoms with Crippen molar-refractivity contribution in [3.8, 4) is 0 Å². The summed E-state index contributed by atoms with van der Waals surface area (Å²) < 4.78 is 28.8. The number of nitrogens with zero attached hydrogens (tertiary/aromatic N) is 1. The molecule has 1 aliphatic carbocycles. The molecule has 0 saturated heterocycles. The molecule has 1 heterocycles. The molecule has 1 aliphatic rings. The van der Waals surface area contributed by atoms with E-state index < -0.39 is 10.0 Å². The molecule has 0 atom stereocenters. The number of fused-ring (bicyclic) bond motifs is 1. The predicted octanol–water partition coefficient (Wildman–Crippen LogP) is 5.52. The van der Waals surface area contributed by atoms with E-state index in [4.69, 9.17) is 0 Å². The summed E-state index contributed by atoms with van der Waals surface area (Å²) in [5, 5.41) is 0.689. The van der Waals surface area contributed by atoms with Crippen LogP contribution in [0.5, 0.6) is 0 Å². The van der Waals surface area contributed by atoms with Crippen LogP contribution in [0.15, 0.2) is 57.8 Å². The minimum absolute atomic E-state index is 0.0966. The van der Waals surface area contributed by atoms with Gasteiger partial charge in [0.25, 0.3) is 10.0 Å². The van der Waals surface area contributed by atoms with Gasteiger partial charge in [-0.3, -0.25) is 4.72 Å². The Bertz CT molecular complexity index is 958. The highest BCUT2D eigenvalue weighted by Crippen LogP contribution is 2.34. The molecule has 136 valence electrons. The number of thiazole rings is 1. The largest absolute Gasteiger partial charge is 0.289 e. The minimum Gasteiger partial charge on any atom is -0.278 e. The van der Waals surface area contributed by atoms with Crippen molar-refractivity contribution in [3.63, 3.8) is 0 Å². The molecule has 0 spiro atoms. The van der Waals surface area contributed by atoms with Crippen molar-refractivity contribution in [2.75, 3.05) is 4.72 Å². The minimum atomic E-state index is -3.66. The van der Waals surface area contributed by atoms with E-state index >= 15 is 0 Å². The lowest BCUT2D eigenvalue weighted by molar-refractivity contribution is 0.516. The normalized spacial score (nSPS) is 16.0. The fraction of sp³-hybridized carbons (Fsp3) is 0.316. The summed E-state index contributed by atoms with van der Waals surface area (Å²) in [5.41, 5.74) is 1.27. The van der Waals surface area contributed by atoms with Gasteiger partial charge in [-0.2, -0.15) is 8.42 Å². The zero-order chi connectivity index (χ0) is 18.0. The Labute approximate surface area is 162 Å². The van der Waals surface area contributed by atoms with Crippen molar-refractivity contribution >= 4 is 49.0 Å². The third-order valence-corrected chi connectivity index (χ3v) is 8.61. The molecule has 0 radical (unpaired) electrons. The van der Waals surface area contributed by atoms with Gasteiger partial charge in [0.2, 0.25) is 4.34 Å². The number of para-hydroxylation sites is 1. The molecule has 0 bridgehead atoms. The van der Waals surface area contributed by atoms with Crippen LogP contribution in [0.1, 0.15) is 32.1 Å². The van der Waals surface area contributed by atoms with E-state index in [1.165, 1.54) is 48.3 Å². The number of anilines is 1. The average Bonchev–Trinajstić information content (AvgIpc) is 3.09. The maximum Gasteiger partial charge on any atom is 0.289 e. The molecule has 3 aromatic rings. The number of thioether (sulfide) groups is 1. The second-order valence-corrected chi connectivity index (χ2v) is 10.7. The molecule has 0 aliphatic heterocycles. The van der Waals surface area contributed by atoms with Crippen molar-refractivity contribution in [3.05, 3.63) is 48.5 Å². The summed E-state index contributed by atoms with van der Waals surface area (Å²) in [6.07, 6.45) is 6.53. The topological polar surface area (TPSA) is 59.1 Å². The second kappa shape index (κ2) is 7.58. The quantitative estimate of drug-likeness (QED) is 0.608. The molecule has 2 aromatic carbocycles. The number of rotatable bonds is 5. The van der Waals surface area contributed by atoms with Crippen molar-refractivity contribution in [2.24, 2.45) is 0 Å². The van der Waals surface area contributed by atoms with Crippen LogP contribution >= 0.6 is 23.1 Å². The van der Waals surface area contributed by atoms with E-state index in [0.717, 1.165) is 4.70 Å². The van der Waals surface area contributed by atoms with Gasteiger partial charge in [0.05, 0.1) is 10.2 Å². The molecule has 1 aromatic heterocycles. The average molecular weight is 405 g/mol. The number of benzene rings is 2. The van der Waals surface area contributed by atoms with Crippen LogP contribution in [0.2, 0.25) is 0 Å². The summed E-state index contributed by atoms with van der Waals surface area (Å²) in [4.78, 5) is 5.43. The van der Waals surface area contributed by atoms with Crippen molar-refractivity contribution in [1.82, 2.24) is 4.98 Å². The Morgan fingerprint density at radius 2 is 1.73 bits per heavy atom. The Balaban J connectivity index is 1.47. The van der Waals surface area contributed by atoms with Crippen molar-refractivity contribution in [1.29, 1.82) is 0 Å². The summed E-state index contributed by atoms with van der Waals surface area (Å²) in [6, 6.07) is 15.1. The maximum absolute atomic E-state index is 12.6. The molecule has 26 heavy (non-hydrogen) atoms. The first kappa shape index (κ1) is 17.8. The molecular weight excluding hydrogens is 384 g/mol. The van der Waals surface area contributed by atoms with Crippen LogP contribution in [-0.2, 0) is 10.0 Å². The van der Waals surface area contributed by atoms with Crippen molar-refractivity contribution in [2.45, 2.75) is 46.6 Å². The number of hydrogen-bond donors (Lipinski definition) is 1. The van der Waals surface area contributed by atoms with Gasteiger partial charge in [-0.05, 0) is 49.2 Å². The van der Waals surface area contributed by atoms with E-state index in [2.05, 4.69) is 9.71 Å². The van der Waals surface area contributed by atoms with E-state index in [-0.39, 0.29) is 4.34 Å². The third kappa shape index (κ3) is 4.05. The van der Waals surface area contributed by atoms with Gasteiger partial charge in [-0.25, -0.2) is 4.98 Å². The van der Waals surface area contributed by atoms with E-state index in [9.17, 15) is 8.42 Å². The summed E-state index contributed by atoms with van der Waals surface area (Å²) in [5.74, 6) is 0. The first-order chi connectivity index (χ1) is 12.6. The fourth-order valence-corrected chi connectivity index (χ4v) is 6.67. The number of sulfonamides is 1. The van der Waals surface area contributed by atoms with Crippen LogP contribution in [0.25, 0.3) is 10.2 Å². The highest BCUT2D eigenvalue weighted by Gasteiger charge is 2.20. The number of hydrogen-bond acceptors (Lipinski definition) is 5. The first-order valence-corrected chi connectivity index (χ1v) is 11.9. The van der Waals surface area contributed by atoms with Crippen LogP contribution in [0, 0.1) is 0 Å². The molecule has 1 fully saturated rings. The smallest absolute Gasteiger partial charge is 0.278 e. The highest BCUT2D eigenvalue weighted by molar-refractivity contribution is 8.00. The van der Waals surface area contributed by atoms with Gasteiger partial charge in [-0.15, -0.1) is 23.1 Å². The third-order valence-electron chi connectivity index (χ3n) is 4.47. The van der Waals surface area contributed by atoms with Gasteiger partial charge < -0.3 is 0 Å². The highest BCUT2D eigenvalue weighted by atomic mass is 32.2. The lowest BCUT2D eigenvalue weighted by atomic mass is 10.0. The summed E-state index contributed by atoms with van der Waals surface area (Å²) in [6.45, 7) is 0. The van der Waals surface area contributed by atoms with E-state index in [0.29, 0.717) is 16.5 Å². The Morgan fingerprint density at radius 3 is 2.46 bits per heavy atom. The number of aromatic nitrogens is 1. The molecule has 4 rings (SSSR count). The predicted molar refractivity (Wildman–Crippen MR) is 110 cm³/mol. The summed E-state index contributed by atoms with van der Waals surface area (Å²) >= 11 is 3.09. The van der Waals surface area contributed by atoms with Gasteiger partial charge >= 0.3 is 0 Å². The van der Waals surface area contributed by atoms with Gasteiger partial charge in [-0.1, -0.05) is 31.4 Å². The Morgan fingerprint density at radius 1 is 1.00 bits per heavy atom. The van der Waals surface area contributed by atoms with Crippen LogP contribution in [0.4, 0.5) is 5.69 Å². The second-order valence-electron chi connectivity index (χ2n) is 6.46. The van der Waals surface area contributed by atoms with Gasteiger partial charge in [0.1, 0.15) is 0 Å². The van der Waals surface area contributed by atoms with Crippen LogP contribution < -0.4 is 4.72 Å². The van der Waals surface area contributed by atoms with Gasteiger partial charge in [0.15, 0.2) is 0 Å². The Hall–Kier alpha value is -1.57. The lowest BCUT2D eigenvalue weighted by Gasteiger charge is -2.20. The monoisotopic (exact) mass is 404 g/mol. The SMILES string of the molecule is O=S(=O)(Nc1ccc(SC2CCCCC2)cc1)c1nc2ccccc2s1.